The second kappa shape index (κ2) is 12.8. The standard InChI is InChI=1S/C30H47F2N3/c1-10-13-19-33(8)20-15-18-25-16-14-17-26(29(32)28(25)31)21-35-24(7)27(22(4)5)23(6)30(11-2,12-3)34(35)9/h16-17H,4,7,10-15,18-21H2,1-3,5-6,8-9H3. The summed E-state index contributed by atoms with van der Waals surface area (Å²) >= 11 is 0. The zero-order valence-electron chi connectivity index (χ0n) is 23.2. The molecule has 0 aromatic rings. The maximum atomic E-state index is 15.5. The van der Waals surface area contributed by atoms with Crippen LogP contribution in [0.3, 0.4) is 0 Å². The minimum Gasteiger partial charge on any atom is -0.306 e. The van der Waals surface area contributed by atoms with Gasteiger partial charge in [0.2, 0.25) is 0 Å². The van der Waals surface area contributed by atoms with Crippen molar-refractivity contribution in [2.24, 2.45) is 0 Å². The molecule has 5 heteroatoms. The van der Waals surface area contributed by atoms with Crippen LogP contribution in [-0.4, -0.2) is 54.2 Å². The van der Waals surface area contributed by atoms with E-state index >= 15 is 8.78 Å². The van der Waals surface area contributed by atoms with Crippen LogP contribution < -0.4 is 0 Å². The van der Waals surface area contributed by atoms with Crippen molar-refractivity contribution in [1.82, 2.24) is 14.9 Å². The lowest BCUT2D eigenvalue weighted by Gasteiger charge is -2.54. The third-order valence-electron chi connectivity index (χ3n) is 7.94. The Kier molecular flexibility index (Phi) is 10.7. The number of hydrazine groups is 1. The number of likely N-dealkylation sites (N-methyl/N-ethyl adjacent to an activating group) is 1. The van der Waals surface area contributed by atoms with Crippen LogP contribution in [0, 0.1) is 0 Å². The summed E-state index contributed by atoms with van der Waals surface area (Å²) in [5, 5.41) is 4.19. The molecule has 0 bridgehead atoms. The summed E-state index contributed by atoms with van der Waals surface area (Å²) in [6.45, 7) is 21.4. The summed E-state index contributed by atoms with van der Waals surface area (Å²) in [5.74, 6) is -1.45. The molecule has 0 unspecified atom stereocenters. The average Bonchev–Trinajstić information content (AvgIpc) is 2.95. The minimum absolute atomic E-state index is 0.216. The minimum atomic E-state index is -0.740. The molecule has 196 valence electrons. The van der Waals surface area contributed by atoms with Crippen molar-refractivity contribution >= 4 is 0 Å². The molecule has 1 aliphatic carbocycles. The molecule has 1 heterocycles. The molecule has 3 nitrogen and oxygen atoms in total. The van der Waals surface area contributed by atoms with E-state index in [0.29, 0.717) is 24.0 Å². The van der Waals surface area contributed by atoms with Crippen molar-refractivity contribution < 1.29 is 8.78 Å². The Morgan fingerprint density at radius 3 is 2.20 bits per heavy atom. The Hall–Kier alpha value is -1.98. The van der Waals surface area contributed by atoms with Gasteiger partial charge in [-0.15, -0.1) is 0 Å². The van der Waals surface area contributed by atoms with Gasteiger partial charge in [-0.25, -0.2) is 13.8 Å². The van der Waals surface area contributed by atoms with Gasteiger partial charge in [0.05, 0.1) is 17.8 Å². The van der Waals surface area contributed by atoms with Gasteiger partial charge >= 0.3 is 0 Å². The van der Waals surface area contributed by atoms with Gasteiger partial charge in [-0.1, -0.05) is 52.5 Å². The monoisotopic (exact) mass is 487 g/mol. The molecule has 0 N–H and O–H groups in total. The molecule has 2 rings (SSSR count). The fourth-order valence-corrected chi connectivity index (χ4v) is 5.63. The third kappa shape index (κ3) is 6.24. The number of allylic oxidation sites excluding steroid dienone is 5. The van der Waals surface area contributed by atoms with Gasteiger partial charge in [0.15, 0.2) is 11.7 Å². The number of hydrogen-bond acceptors (Lipinski definition) is 3. The zero-order valence-corrected chi connectivity index (χ0v) is 23.2. The number of hydrogen-bond donors (Lipinski definition) is 0. The number of unbranched alkanes of at least 4 members (excludes halogenated alkanes) is 1. The molecule has 0 atom stereocenters. The van der Waals surface area contributed by atoms with Gasteiger partial charge in [-0.05, 0) is 89.2 Å². The maximum absolute atomic E-state index is 15.5. The number of nitrogens with zero attached hydrogens (tertiary/aromatic N) is 3. The molecular formula is C30H47F2N3. The fraction of sp³-hybridized carbons (Fsp3) is 0.600. The second-order valence-corrected chi connectivity index (χ2v) is 10.1. The van der Waals surface area contributed by atoms with Crippen molar-refractivity contribution in [2.45, 2.75) is 85.1 Å². The molecule has 0 aromatic heterocycles. The van der Waals surface area contributed by atoms with Crippen LogP contribution in [0.2, 0.25) is 0 Å². The van der Waals surface area contributed by atoms with Crippen molar-refractivity contribution in [3.63, 3.8) is 0 Å². The first-order chi connectivity index (χ1) is 16.5. The zero-order chi connectivity index (χ0) is 26.3. The third-order valence-corrected chi connectivity index (χ3v) is 7.94. The smallest absolute Gasteiger partial charge is 0.163 e. The topological polar surface area (TPSA) is 9.72 Å². The summed E-state index contributed by atoms with van der Waals surface area (Å²) in [5.41, 5.74) is 4.66. The Bertz CT molecular complexity index is 918. The van der Waals surface area contributed by atoms with Crippen LogP contribution in [0.5, 0.6) is 0 Å². The lowest BCUT2D eigenvalue weighted by atomic mass is 9.78. The van der Waals surface area contributed by atoms with E-state index in [4.69, 9.17) is 0 Å². The van der Waals surface area contributed by atoms with Gasteiger partial charge in [0.1, 0.15) is 0 Å². The summed E-state index contributed by atoms with van der Waals surface area (Å²) in [7, 11) is 4.12. The van der Waals surface area contributed by atoms with Gasteiger partial charge in [-0.2, -0.15) is 0 Å². The predicted molar refractivity (Wildman–Crippen MR) is 146 cm³/mol. The van der Waals surface area contributed by atoms with Crippen molar-refractivity contribution in [3.05, 3.63) is 70.5 Å². The highest BCUT2D eigenvalue weighted by Gasteiger charge is 2.43. The first-order valence-corrected chi connectivity index (χ1v) is 13.3. The van der Waals surface area contributed by atoms with E-state index in [1.54, 1.807) is 0 Å². The van der Waals surface area contributed by atoms with E-state index in [1.807, 2.05) is 31.1 Å². The molecule has 1 aliphatic heterocycles. The quantitative estimate of drug-likeness (QED) is 0.276. The number of halogens is 2. The van der Waals surface area contributed by atoms with Crippen LogP contribution >= 0.6 is 0 Å². The van der Waals surface area contributed by atoms with E-state index in [-0.39, 0.29) is 12.1 Å². The van der Waals surface area contributed by atoms with Crippen LogP contribution in [0.4, 0.5) is 8.78 Å². The molecular weight excluding hydrogens is 440 g/mol. The molecule has 0 saturated heterocycles. The predicted octanol–water partition coefficient (Wildman–Crippen LogP) is 8.03. The summed E-state index contributed by atoms with van der Waals surface area (Å²) in [4.78, 5) is 2.27. The summed E-state index contributed by atoms with van der Waals surface area (Å²) < 4.78 is 30.8. The fourth-order valence-electron chi connectivity index (χ4n) is 5.63. The molecule has 2 aliphatic rings. The first kappa shape index (κ1) is 29.3. The molecule has 0 fully saturated rings. The molecule has 0 radical (unpaired) electrons. The second-order valence-electron chi connectivity index (χ2n) is 10.1. The lowest BCUT2D eigenvalue weighted by molar-refractivity contribution is -0.0531. The molecule has 0 saturated carbocycles. The van der Waals surface area contributed by atoms with Crippen LogP contribution in [0.15, 0.2) is 70.5 Å². The Morgan fingerprint density at radius 2 is 1.63 bits per heavy atom. The summed E-state index contributed by atoms with van der Waals surface area (Å²) in [6, 6.07) is 0. The summed E-state index contributed by atoms with van der Waals surface area (Å²) in [6.07, 6.45) is 9.66. The highest BCUT2D eigenvalue weighted by molar-refractivity contribution is 5.51. The van der Waals surface area contributed by atoms with Gasteiger partial charge in [0, 0.05) is 18.2 Å². The van der Waals surface area contributed by atoms with Crippen molar-refractivity contribution in [1.29, 1.82) is 0 Å². The average molecular weight is 488 g/mol. The maximum Gasteiger partial charge on any atom is 0.163 e. The van der Waals surface area contributed by atoms with Crippen molar-refractivity contribution in [3.8, 4) is 0 Å². The van der Waals surface area contributed by atoms with E-state index in [1.165, 1.54) is 5.57 Å². The SMILES string of the molecule is C=C(C)C1=C(C)C(CC)(CC)N(C)N(CC2=CCC=C(CCCN(C)CCCC)C(F)=C2F)C1=C. The Labute approximate surface area is 213 Å². The Balaban J connectivity index is 2.24. The molecule has 0 amide bonds. The van der Waals surface area contributed by atoms with Crippen LogP contribution in [-0.2, 0) is 0 Å². The molecule has 35 heavy (non-hydrogen) atoms. The highest BCUT2D eigenvalue weighted by atomic mass is 19.2. The van der Waals surface area contributed by atoms with Crippen LogP contribution in [0.25, 0.3) is 0 Å². The van der Waals surface area contributed by atoms with E-state index in [2.05, 4.69) is 57.8 Å². The van der Waals surface area contributed by atoms with E-state index < -0.39 is 11.7 Å². The highest BCUT2D eigenvalue weighted by Crippen LogP contribution is 2.44. The normalized spacial score (nSPS) is 19.4. The van der Waals surface area contributed by atoms with E-state index in [0.717, 1.165) is 62.0 Å². The Morgan fingerprint density at radius 1 is 1.06 bits per heavy atom. The first-order valence-electron chi connectivity index (χ1n) is 13.3. The van der Waals surface area contributed by atoms with Crippen molar-refractivity contribution in [2.75, 3.05) is 33.7 Å². The van der Waals surface area contributed by atoms with Gasteiger partial charge in [-0.3, -0.25) is 0 Å². The molecule has 0 spiro atoms. The molecule has 0 aromatic carbocycles. The van der Waals surface area contributed by atoms with Gasteiger partial charge in [0.25, 0.3) is 0 Å². The lowest BCUT2D eigenvalue weighted by Crippen LogP contribution is -2.58. The van der Waals surface area contributed by atoms with Crippen LogP contribution in [0.1, 0.15) is 79.6 Å². The largest absolute Gasteiger partial charge is 0.306 e. The van der Waals surface area contributed by atoms with Gasteiger partial charge < -0.3 is 9.91 Å². The van der Waals surface area contributed by atoms with E-state index in [9.17, 15) is 0 Å². The number of rotatable bonds is 12.